The number of hydrogen-bond acceptors (Lipinski definition) is 2. The molecule has 1 aromatic rings. The lowest BCUT2D eigenvalue weighted by Crippen LogP contribution is -2.42. The lowest BCUT2D eigenvalue weighted by atomic mass is 9.95. The summed E-state index contributed by atoms with van der Waals surface area (Å²) in [4.78, 5) is 11.0. The third-order valence-corrected chi connectivity index (χ3v) is 2.71. The number of benzene rings is 1. The molecule has 0 atom stereocenters. The first-order valence-electron chi connectivity index (χ1n) is 5.84. The molecule has 0 saturated carbocycles. The van der Waals surface area contributed by atoms with Gasteiger partial charge in [-0.2, -0.15) is 0 Å². The summed E-state index contributed by atoms with van der Waals surface area (Å²) < 4.78 is 5.11. The van der Waals surface area contributed by atoms with Crippen LogP contribution < -0.4 is 10.1 Å². The molecule has 0 aliphatic rings. The number of nitrogens with one attached hydrogen (secondary N) is 1. The van der Waals surface area contributed by atoms with Crippen LogP contribution in [0.25, 0.3) is 0 Å². The maximum Gasteiger partial charge on any atom is 0.217 e. The van der Waals surface area contributed by atoms with Crippen LogP contribution in [0, 0.1) is 0 Å². The van der Waals surface area contributed by atoms with Crippen molar-refractivity contribution in [2.24, 2.45) is 0 Å². The highest BCUT2D eigenvalue weighted by atomic mass is 16.5. The Morgan fingerprint density at radius 3 is 2.35 bits per heavy atom. The van der Waals surface area contributed by atoms with Gasteiger partial charge in [0.1, 0.15) is 5.75 Å². The Bertz CT molecular complexity index is 368. The van der Waals surface area contributed by atoms with Crippen molar-refractivity contribution < 1.29 is 9.53 Å². The second kappa shape index (κ2) is 5.71. The molecule has 17 heavy (non-hydrogen) atoms. The number of ether oxygens (including phenoxy) is 1. The highest BCUT2D eigenvalue weighted by Gasteiger charge is 2.18. The van der Waals surface area contributed by atoms with Crippen molar-refractivity contribution >= 4 is 5.91 Å². The van der Waals surface area contributed by atoms with E-state index in [2.05, 4.69) is 17.4 Å². The first-order valence-corrected chi connectivity index (χ1v) is 5.84. The van der Waals surface area contributed by atoms with Crippen molar-refractivity contribution in [2.75, 3.05) is 7.11 Å². The van der Waals surface area contributed by atoms with Gasteiger partial charge in [-0.1, -0.05) is 12.1 Å². The highest BCUT2D eigenvalue weighted by molar-refractivity contribution is 5.73. The number of aryl methyl sites for hydroxylation is 1. The largest absolute Gasteiger partial charge is 0.497 e. The zero-order valence-corrected chi connectivity index (χ0v) is 11.0. The summed E-state index contributed by atoms with van der Waals surface area (Å²) in [6.07, 6.45) is 1.86. The number of methoxy groups -OCH3 is 1. The smallest absolute Gasteiger partial charge is 0.217 e. The Hall–Kier alpha value is -1.51. The predicted octanol–water partition coefficient (Wildman–Crippen LogP) is 2.54. The maximum absolute atomic E-state index is 11.0. The van der Waals surface area contributed by atoms with Crippen LogP contribution >= 0.6 is 0 Å². The average Bonchev–Trinajstić information content (AvgIpc) is 2.25. The van der Waals surface area contributed by atoms with Crippen LogP contribution in [-0.4, -0.2) is 18.6 Å². The fourth-order valence-electron chi connectivity index (χ4n) is 1.79. The van der Waals surface area contributed by atoms with Crippen molar-refractivity contribution in [1.82, 2.24) is 5.32 Å². The molecular weight excluding hydrogens is 214 g/mol. The average molecular weight is 235 g/mol. The van der Waals surface area contributed by atoms with Gasteiger partial charge in [0.25, 0.3) is 0 Å². The molecule has 0 aliphatic heterocycles. The van der Waals surface area contributed by atoms with E-state index in [1.54, 1.807) is 14.0 Å². The van der Waals surface area contributed by atoms with Gasteiger partial charge in [-0.3, -0.25) is 4.79 Å². The van der Waals surface area contributed by atoms with Crippen molar-refractivity contribution in [3.63, 3.8) is 0 Å². The van der Waals surface area contributed by atoms with Crippen LogP contribution in [0.5, 0.6) is 5.75 Å². The van der Waals surface area contributed by atoms with E-state index >= 15 is 0 Å². The summed E-state index contributed by atoms with van der Waals surface area (Å²) in [6, 6.07) is 8.03. The maximum atomic E-state index is 11.0. The molecule has 1 N–H and O–H groups in total. The Morgan fingerprint density at radius 2 is 1.88 bits per heavy atom. The molecule has 3 nitrogen and oxygen atoms in total. The molecule has 1 aromatic carbocycles. The molecule has 0 aromatic heterocycles. The molecule has 1 rings (SSSR count). The number of carbonyl (C=O) groups is 1. The number of rotatable bonds is 5. The van der Waals surface area contributed by atoms with Crippen molar-refractivity contribution in [2.45, 2.75) is 39.2 Å². The summed E-state index contributed by atoms with van der Waals surface area (Å²) in [7, 11) is 1.66. The van der Waals surface area contributed by atoms with E-state index in [9.17, 15) is 4.79 Å². The number of carbonyl (C=O) groups excluding carboxylic acids is 1. The lowest BCUT2D eigenvalue weighted by Gasteiger charge is -2.25. The monoisotopic (exact) mass is 235 g/mol. The summed E-state index contributed by atoms with van der Waals surface area (Å²) in [5, 5.41) is 2.95. The molecule has 94 valence electrons. The first kappa shape index (κ1) is 13.6. The molecule has 3 heteroatoms. The Morgan fingerprint density at radius 1 is 1.29 bits per heavy atom. The minimum absolute atomic E-state index is 0.0183. The van der Waals surface area contributed by atoms with E-state index in [0.29, 0.717) is 0 Å². The zero-order chi connectivity index (χ0) is 12.9. The SMILES string of the molecule is COc1ccc(CCC(C)(C)NC(C)=O)cc1. The van der Waals surface area contributed by atoms with Crippen LogP contribution in [0.3, 0.4) is 0 Å². The standard InChI is InChI=1S/C14H21NO2/c1-11(16)15-14(2,3)10-9-12-5-7-13(17-4)8-6-12/h5-8H,9-10H2,1-4H3,(H,15,16). The van der Waals surface area contributed by atoms with Crippen molar-refractivity contribution in [3.05, 3.63) is 29.8 Å². The van der Waals surface area contributed by atoms with E-state index in [0.717, 1.165) is 18.6 Å². The Kier molecular flexibility index (Phi) is 4.55. The fourth-order valence-corrected chi connectivity index (χ4v) is 1.79. The molecule has 0 heterocycles. The van der Waals surface area contributed by atoms with E-state index in [-0.39, 0.29) is 11.4 Å². The summed E-state index contributed by atoms with van der Waals surface area (Å²) in [6.45, 7) is 5.63. The van der Waals surface area contributed by atoms with Gasteiger partial charge in [0.2, 0.25) is 5.91 Å². The molecule has 0 fully saturated rings. The molecule has 0 saturated heterocycles. The van der Waals surface area contributed by atoms with Gasteiger partial charge in [0.05, 0.1) is 7.11 Å². The topological polar surface area (TPSA) is 38.3 Å². The van der Waals surface area contributed by atoms with Gasteiger partial charge in [-0.05, 0) is 44.4 Å². The number of hydrogen-bond donors (Lipinski definition) is 1. The van der Waals surface area contributed by atoms with E-state index in [4.69, 9.17) is 4.74 Å². The van der Waals surface area contributed by atoms with Crippen molar-refractivity contribution in [1.29, 1.82) is 0 Å². The minimum Gasteiger partial charge on any atom is -0.497 e. The summed E-state index contributed by atoms with van der Waals surface area (Å²) in [5.74, 6) is 0.889. The fraction of sp³-hybridized carbons (Fsp3) is 0.500. The van der Waals surface area contributed by atoms with Crippen LogP contribution in [0.4, 0.5) is 0 Å². The third-order valence-electron chi connectivity index (χ3n) is 2.71. The van der Waals surface area contributed by atoms with Crippen LogP contribution in [0.1, 0.15) is 32.8 Å². The lowest BCUT2D eigenvalue weighted by molar-refractivity contribution is -0.120. The van der Waals surface area contributed by atoms with Gasteiger partial charge in [0, 0.05) is 12.5 Å². The second-order valence-electron chi connectivity index (χ2n) is 4.91. The van der Waals surface area contributed by atoms with E-state index in [1.165, 1.54) is 5.56 Å². The van der Waals surface area contributed by atoms with Gasteiger partial charge >= 0.3 is 0 Å². The van der Waals surface area contributed by atoms with Gasteiger partial charge in [-0.25, -0.2) is 0 Å². The molecule has 0 unspecified atom stereocenters. The van der Waals surface area contributed by atoms with Crippen LogP contribution in [0.2, 0.25) is 0 Å². The summed E-state index contributed by atoms with van der Waals surface area (Å²) in [5.41, 5.74) is 1.09. The van der Waals surface area contributed by atoms with Gasteiger partial charge in [-0.15, -0.1) is 0 Å². The highest BCUT2D eigenvalue weighted by Crippen LogP contribution is 2.16. The quantitative estimate of drug-likeness (QED) is 0.851. The van der Waals surface area contributed by atoms with Crippen LogP contribution in [-0.2, 0) is 11.2 Å². The normalized spacial score (nSPS) is 11.1. The van der Waals surface area contributed by atoms with E-state index in [1.807, 2.05) is 26.0 Å². The summed E-state index contributed by atoms with van der Waals surface area (Å²) >= 11 is 0. The molecule has 0 spiro atoms. The predicted molar refractivity (Wildman–Crippen MR) is 69.2 cm³/mol. The number of amides is 1. The second-order valence-corrected chi connectivity index (χ2v) is 4.91. The first-order chi connectivity index (χ1) is 7.93. The van der Waals surface area contributed by atoms with Crippen molar-refractivity contribution in [3.8, 4) is 5.75 Å². The molecule has 0 aliphatic carbocycles. The van der Waals surface area contributed by atoms with Gasteiger partial charge < -0.3 is 10.1 Å². The molecule has 1 amide bonds. The molecule has 0 radical (unpaired) electrons. The van der Waals surface area contributed by atoms with Gasteiger partial charge in [0.15, 0.2) is 0 Å². The zero-order valence-electron chi connectivity index (χ0n) is 11.0. The minimum atomic E-state index is -0.161. The van der Waals surface area contributed by atoms with E-state index < -0.39 is 0 Å². The molecule has 0 bridgehead atoms. The Labute approximate surface area is 103 Å². The third kappa shape index (κ3) is 4.89. The van der Waals surface area contributed by atoms with Crippen LogP contribution in [0.15, 0.2) is 24.3 Å². The Balaban J connectivity index is 2.51. The molecular formula is C14H21NO2.